The Morgan fingerprint density at radius 2 is 1.79 bits per heavy atom. The Kier molecular flexibility index (Phi) is 6.97. The van der Waals surface area contributed by atoms with Crippen LogP contribution in [0.4, 0.5) is 10.5 Å². The molecule has 0 aliphatic carbocycles. The second kappa shape index (κ2) is 9.45. The standard InChI is InChI=1S/C21H26ClN3O4/c22-16-3-1-15(2-4-16)21(28)9-11-25(12-10-21)13-18(26)14-29-19-7-5-17(6-8-19)24-20(23)27/h1-8,18,26,28H,9-14H2,(H3,23,24,27). The summed E-state index contributed by atoms with van der Waals surface area (Å²) in [6, 6.07) is 13.4. The maximum atomic E-state index is 10.9. The summed E-state index contributed by atoms with van der Waals surface area (Å²) in [4.78, 5) is 12.9. The topological polar surface area (TPSA) is 108 Å². The van der Waals surface area contributed by atoms with Gasteiger partial charge < -0.3 is 30.9 Å². The molecule has 1 saturated heterocycles. The van der Waals surface area contributed by atoms with Crippen molar-refractivity contribution < 1.29 is 19.7 Å². The van der Waals surface area contributed by atoms with Crippen LogP contribution in [0.5, 0.6) is 5.75 Å². The molecule has 7 nitrogen and oxygen atoms in total. The Morgan fingerprint density at radius 3 is 2.38 bits per heavy atom. The highest BCUT2D eigenvalue weighted by Crippen LogP contribution is 2.33. The summed E-state index contributed by atoms with van der Waals surface area (Å²) in [5, 5.41) is 24.3. The van der Waals surface area contributed by atoms with Crippen molar-refractivity contribution in [3.63, 3.8) is 0 Å². The van der Waals surface area contributed by atoms with Crippen molar-refractivity contribution >= 4 is 23.3 Å². The fraction of sp³-hybridized carbons (Fsp3) is 0.381. The van der Waals surface area contributed by atoms with E-state index in [1.165, 1.54) is 0 Å². The molecule has 2 aromatic carbocycles. The van der Waals surface area contributed by atoms with E-state index < -0.39 is 17.7 Å². The molecule has 0 aromatic heterocycles. The lowest BCUT2D eigenvalue weighted by atomic mass is 9.84. The SMILES string of the molecule is NC(=O)Nc1ccc(OCC(O)CN2CCC(O)(c3ccc(Cl)cc3)CC2)cc1. The van der Waals surface area contributed by atoms with Crippen LogP contribution in [0.25, 0.3) is 0 Å². The molecule has 8 heteroatoms. The van der Waals surface area contributed by atoms with Crippen molar-refractivity contribution in [2.75, 3.05) is 31.6 Å². The van der Waals surface area contributed by atoms with Crippen molar-refractivity contribution in [3.05, 3.63) is 59.1 Å². The minimum atomic E-state index is -0.858. The predicted molar refractivity (Wildman–Crippen MR) is 112 cm³/mol. The third kappa shape index (κ3) is 6.08. The number of halogens is 1. The van der Waals surface area contributed by atoms with E-state index in [-0.39, 0.29) is 6.61 Å². The van der Waals surface area contributed by atoms with E-state index in [1.54, 1.807) is 36.4 Å². The molecule has 1 heterocycles. The van der Waals surface area contributed by atoms with Gasteiger partial charge in [-0.2, -0.15) is 0 Å². The number of likely N-dealkylation sites (tertiary alicyclic amines) is 1. The van der Waals surface area contributed by atoms with Gasteiger partial charge in [-0.1, -0.05) is 23.7 Å². The molecule has 2 aromatic rings. The molecule has 5 N–H and O–H groups in total. The number of ether oxygens (including phenoxy) is 1. The highest BCUT2D eigenvalue weighted by Gasteiger charge is 2.34. The zero-order valence-electron chi connectivity index (χ0n) is 16.1. The smallest absolute Gasteiger partial charge is 0.316 e. The summed E-state index contributed by atoms with van der Waals surface area (Å²) >= 11 is 5.93. The fourth-order valence-corrected chi connectivity index (χ4v) is 3.60. The molecule has 1 aliphatic heterocycles. The molecule has 3 rings (SSSR count). The summed E-state index contributed by atoms with van der Waals surface area (Å²) in [6.45, 7) is 1.99. The van der Waals surface area contributed by atoms with Crippen LogP contribution < -0.4 is 15.8 Å². The third-order valence-electron chi connectivity index (χ3n) is 5.10. The summed E-state index contributed by atoms with van der Waals surface area (Å²) in [7, 11) is 0. The van der Waals surface area contributed by atoms with Crippen LogP contribution in [0.1, 0.15) is 18.4 Å². The van der Waals surface area contributed by atoms with Crippen LogP contribution in [0.3, 0.4) is 0 Å². The summed E-state index contributed by atoms with van der Waals surface area (Å²) in [5.74, 6) is 0.592. The predicted octanol–water partition coefficient (Wildman–Crippen LogP) is 2.55. The van der Waals surface area contributed by atoms with Crippen LogP contribution in [-0.2, 0) is 5.60 Å². The Hall–Kier alpha value is -2.32. The first-order valence-corrected chi connectivity index (χ1v) is 9.90. The van der Waals surface area contributed by atoms with E-state index in [9.17, 15) is 15.0 Å². The molecule has 0 radical (unpaired) electrons. The second-order valence-corrected chi connectivity index (χ2v) is 7.75. The number of nitrogens with zero attached hydrogens (tertiary/aromatic N) is 1. The van der Waals surface area contributed by atoms with Crippen LogP contribution >= 0.6 is 11.6 Å². The normalized spacial score (nSPS) is 17.5. The number of anilines is 1. The highest BCUT2D eigenvalue weighted by molar-refractivity contribution is 6.30. The van der Waals surface area contributed by atoms with Crippen molar-refractivity contribution in [3.8, 4) is 5.75 Å². The van der Waals surface area contributed by atoms with Crippen LogP contribution in [-0.4, -0.2) is 53.5 Å². The van der Waals surface area contributed by atoms with Crippen molar-refractivity contribution in [2.45, 2.75) is 24.5 Å². The number of nitrogens with one attached hydrogen (secondary N) is 1. The fourth-order valence-electron chi connectivity index (χ4n) is 3.47. The van der Waals surface area contributed by atoms with E-state index in [1.807, 2.05) is 12.1 Å². The molecule has 29 heavy (non-hydrogen) atoms. The second-order valence-electron chi connectivity index (χ2n) is 7.32. The molecule has 0 saturated carbocycles. The maximum absolute atomic E-state index is 10.9. The molecule has 0 spiro atoms. The summed E-state index contributed by atoms with van der Waals surface area (Å²) < 4.78 is 5.61. The zero-order valence-corrected chi connectivity index (χ0v) is 16.8. The van der Waals surface area contributed by atoms with Gasteiger partial charge in [-0.3, -0.25) is 0 Å². The first-order valence-electron chi connectivity index (χ1n) is 9.52. The number of nitrogens with two attached hydrogens (primary N) is 1. The molecular formula is C21H26ClN3O4. The number of piperidine rings is 1. The van der Waals surface area contributed by atoms with E-state index in [0.717, 1.165) is 5.56 Å². The van der Waals surface area contributed by atoms with Gasteiger partial charge >= 0.3 is 6.03 Å². The van der Waals surface area contributed by atoms with Gasteiger partial charge in [0.2, 0.25) is 0 Å². The van der Waals surface area contributed by atoms with Gasteiger partial charge in [-0.25, -0.2) is 4.79 Å². The molecule has 0 bridgehead atoms. The maximum Gasteiger partial charge on any atom is 0.316 e. The first-order chi connectivity index (χ1) is 13.8. The lowest BCUT2D eigenvalue weighted by Gasteiger charge is -2.39. The van der Waals surface area contributed by atoms with Gasteiger partial charge in [0.25, 0.3) is 0 Å². The number of urea groups is 1. The number of β-amino-alcohol motifs (C(OH)–C–C–N with tert-alkyl or cyclic N) is 1. The van der Waals surface area contributed by atoms with Gasteiger partial charge in [0, 0.05) is 30.3 Å². The molecule has 156 valence electrons. The van der Waals surface area contributed by atoms with Crippen molar-refractivity contribution in [2.24, 2.45) is 5.73 Å². The zero-order chi connectivity index (χ0) is 20.9. The van der Waals surface area contributed by atoms with Gasteiger partial charge in [-0.15, -0.1) is 0 Å². The number of aliphatic hydroxyl groups is 2. The number of amides is 2. The van der Waals surface area contributed by atoms with Gasteiger partial charge in [0.15, 0.2) is 0 Å². The Bertz CT molecular complexity index is 806. The first kappa shape index (κ1) is 21.4. The number of carbonyl (C=O) groups is 1. The number of primary amides is 1. The molecule has 1 fully saturated rings. The summed E-state index contributed by atoms with van der Waals surface area (Å²) in [6.07, 6.45) is 0.535. The van der Waals surface area contributed by atoms with Crippen molar-refractivity contribution in [1.29, 1.82) is 0 Å². The van der Waals surface area contributed by atoms with E-state index in [2.05, 4.69) is 10.2 Å². The largest absolute Gasteiger partial charge is 0.491 e. The number of hydrogen-bond donors (Lipinski definition) is 4. The van der Waals surface area contributed by atoms with Crippen molar-refractivity contribution in [1.82, 2.24) is 4.90 Å². The molecular weight excluding hydrogens is 394 g/mol. The number of hydrogen-bond acceptors (Lipinski definition) is 5. The third-order valence-corrected chi connectivity index (χ3v) is 5.35. The summed E-state index contributed by atoms with van der Waals surface area (Å²) in [5.41, 5.74) is 5.66. The van der Waals surface area contributed by atoms with E-state index in [0.29, 0.717) is 48.9 Å². The monoisotopic (exact) mass is 419 g/mol. The average molecular weight is 420 g/mol. The number of carbonyl (C=O) groups excluding carboxylic acids is 1. The Labute approximate surface area is 175 Å². The minimum absolute atomic E-state index is 0.153. The molecule has 1 atom stereocenters. The van der Waals surface area contributed by atoms with Crippen LogP contribution in [0, 0.1) is 0 Å². The lowest BCUT2D eigenvalue weighted by Crippen LogP contribution is -2.46. The molecule has 1 unspecified atom stereocenters. The van der Waals surface area contributed by atoms with Gasteiger partial charge in [0.05, 0.1) is 5.60 Å². The molecule has 2 amide bonds. The average Bonchev–Trinajstić information content (AvgIpc) is 2.69. The molecule has 1 aliphatic rings. The number of aliphatic hydroxyl groups excluding tert-OH is 1. The minimum Gasteiger partial charge on any atom is -0.491 e. The number of benzene rings is 2. The highest BCUT2D eigenvalue weighted by atomic mass is 35.5. The lowest BCUT2D eigenvalue weighted by molar-refractivity contribution is -0.0372. The van der Waals surface area contributed by atoms with Crippen LogP contribution in [0.15, 0.2) is 48.5 Å². The Balaban J connectivity index is 1.43. The van der Waals surface area contributed by atoms with E-state index >= 15 is 0 Å². The van der Waals surface area contributed by atoms with Crippen LogP contribution in [0.2, 0.25) is 5.02 Å². The Morgan fingerprint density at radius 1 is 1.17 bits per heavy atom. The van der Waals surface area contributed by atoms with Gasteiger partial charge in [0.1, 0.15) is 18.5 Å². The van der Waals surface area contributed by atoms with E-state index in [4.69, 9.17) is 22.1 Å². The quantitative estimate of drug-likeness (QED) is 0.551. The van der Waals surface area contributed by atoms with Gasteiger partial charge in [-0.05, 0) is 54.8 Å². The number of rotatable bonds is 7.